The van der Waals surface area contributed by atoms with Crippen LogP contribution >= 0.6 is 0 Å². The number of nitrogens with zero attached hydrogens (tertiary/aromatic N) is 3. The summed E-state index contributed by atoms with van der Waals surface area (Å²) in [4.78, 5) is 18.7. The fraction of sp³-hybridized carbons (Fsp3) is 0.409. The Kier molecular flexibility index (Phi) is 5.23. The third-order valence-electron chi connectivity index (χ3n) is 5.87. The van der Waals surface area contributed by atoms with Crippen LogP contribution in [0.1, 0.15) is 23.3 Å². The molecule has 1 fully saturated rings. The maximum Gasteiger partial charge on any atom is 0.269 e. The lowest BCUT2D eigenvalue weighted by atomic mass is 9.96. The number of likely N-dealkylation sites (tertiary alicyclic amines) is 1. The maximum absolute atomic E-state index is 12.2. The summed E-state index contributed by atoms with van der Waals surface area (Å²) < 4.78 is 12.2. The molecule has 0 bridgehead atoms. The Morgan fingerprint density at radius 1 is 1.23 bits per heavy atom. The molecular weight excluding hydrogens is 382 g/mol. The molecule has 0 aliphatic carbocycles. The Bertz CT molecular complexity index is 1010. The highest BCUT2D eigenvalue weighted by atomic mass is 16.6. The zero-order valence-electron chi connectivity index (χ0n) is 16.7. The van der Waals surface area contributed by atoms with Crippen molar-refractivity contribution < 1.29 is 14.3 Å². The van der Waals surface area contributed by atoms with Gasteiger partial charge in [0.2, 0.25) is 0 Å². The van der Waals surface area contributed by atoms with E-state index in [0.717, 1.165) is 54.9 Å². The molecule has 30 heavy (non-hydrogen) atoms. The van der Waals surface area contributed by atoms with Crippen LogP contribution in [0, 0.1) is 5.92 Å². The molecule has 8 heteroatoms. The zero-order valence-corrected chi connectivity index (χ0v) is 16.7. The SMILES string of the molecule is O=C(NCC1CCN(CC2COc3ccc4[nH]ncc4c3O2)CC1)c1ccccn1. The van der Waals surface area contributed by atoms with Gasteiger partial charge < -0.3 is 14.8 Å². The minimum absolute atomic E-state index is 0.00147. The topological polar surface area (TPSA) is 92.4 Å². The highest BCUT2D eigenvalue weighted by molar-refractivity contribution is 5.92. The summed E-state index contributed by atoms with van der Waals surface area (Å²) in [5.74, 6) is 1.95. The first kappa shape index (κ1) is 18.9. The second-order valence-electron chi connectivity index (χ2n) is 7.94. The normalized spacial score (nSPS) is 19.7. The molecule has 1 aromatic carbocycles. The lowest BCUT2D eigenvalue weighted by Gasteiger charge is -2.35. The summed E-state index contributed by atoms with van der Waals surface area (Å²) in [6, 6.07) is 9.26. The van der Waals surface area contributed by atoms with Crippen LogP contribution in [0.4, 0.5) is 0 Å². The van der Waals surface area contributed by atoms with Crippen molar-refractivity contribution in [2.45, 2.75) is 18.9 Å². The Labute approximate surface area is 174 Å². The molecule has 0 spiro atoms. The Balaban J connectivity index is 1.10. The average molecular weight is 407 g/mol. The van der Waals surface area contributed by atoms with Gasteiger partial charge in [0, 0.05) is 19.3 Å². The zero-order chi connectivity index (χ0) is 20.3. The van der Waals surface area contributed by atoms with Gasteiger partial charge in [-0.05, 0) is 56.1 Å². The van der Waals surface area contributed by atoms with Gasteiger partial charge >= 0.3 is 0 Å². The number of carbonyl (C=O) groups excluding carboxylic acids is 1. The van der Waals surface area contributed by atoms with Crippen LogP contribution in [0.25, 0.3) is 10.9 Å². The van der Waals surface area contributed by atoms with Crippen molar-refractivity contribution in [2.24, 2.45) is 5.92 Å². The standard InChI is InChI=1S/C22H25N5O3/c28-22(19-3-1-2-8-23-19)24-11-15-6-9-27(10-7-15)13-16-14-29-20-5-4-18-17(12-25-26-18)21(20)30-16/h1-5,8,12,15-16H,6-7,9-11,13-14H2,(H,24,28)(H,25,26). The number of fused-ring (bicyclic) bond motifs is 3. The van der Waals surface area contributed by atoms with Crippen LogP contribution in [0.15, 0.2) is 42.7 Å². The molecule has 1 amide bonds. The molecule has 4 heterocycles. The largest absolute Gasteiger partial charge is 0.486 e. The number of aromatic amines is 1. The van der Waals surface area contributed by atoms with Crippen molar-refractivity contribution in [2.75, 3.05) is 32.8 Å². The molecule has 2 N–H and O–H groups in total. The summed E-state index contributed by atoms with van der Waals surface area (Å²) >= 11 is 0. The van der Waals surface area contributed by atoms with Gasteiger partial charge in [-0.2, -0.15) is 5.10 Å². The minimum atomic E-state index is -0.102. The van der Waals surface area contributed by atoms with E-state index in [4.69, 9.17) is 9.47 Å². The van der Waals surface area contributed by atoms with Gasteiger partial charge in [0.25, 0.3) is 5.91 Å². The molecular formula is C22H25N5O3. The Morgan fingerprint density at radius 2 is 2.13 bits per heavy atom. The lowest BCUT2D eigenvalue weighted by molar-refractivity contribution is 0.0490. The van der Waals surface area contributed by atoms with E-state index in [2.05, 4.69) is 25.4 Å². The molecule has 2 aliphatic heterocycles. The second kappa shape index (κ2) is 8.31. The quantitative estimate of drug-likeness (QED) is 0.674. The third-order valence-corrected chi connectivity index (χ3v) is 5.87. The molecule has 0 radical (unpaired) electrons. The molecule has 8 nitrogen and oxygen atoms in total. The van der Waals surface area contributed by atoms with Gasteiger partial charge in [0.1, 0.15) is 18.4 Å². The number of piperidine rings is 1. The van der Waals surface area contributed by atoms with Crippen molar-refractivity contribution in [3.8, 4) is 11.5 Å². The van der Waals surface area contributed by atoms with Crippen LogP contribution < -0.4 is 14.8 Å². The predicted molar refractivity (Wildman–Crippen MR) is 112 cm³/mol. The summed E-state index contributed by atoms with van der Waals surface area (Å²) in [5, 5.41) is 11.0. The third kappa shape index (κ3) is 3.95. The number of hydrogen-bond donors (Lipinski definition) is 2. The molecule has 0 saturated carbocycles. The molecule has 3 aromatic rings. The van der Waals surface area contributed by atoms with Crippen molar-refractivity contribution in [1.82, 2.24) is 25.4 Å². The monoisotopic (exact) mass is 407 g/mol. The summed E-state index contributed by atoms with van der Waals surface area (Å²) in [7, 11) is 0. The van der Waals surface area contributed by atoms with Gasteiger partial charge in [0.05, 0.1) is 17.1 Å². The van der Waals surface area contributed by atoms with E-state index < -0.39 is 0 Å². The predicted octanol–water partition coefficient (Wildman–Crippen LogP) is 2.24. The first-order valence-corrected chi connectivity index (χ1v) is 10.4. The van der Waals surface area contributed by atoms with Crippen LogP contribution in [-0.4, -0.2) is 64.9 Å². The molecule has 2 aliphatic rings. The first-order chi connectivity index (χ1) is 14.8. The smallest absolute Gasteiger partial charge is 0.269 e. The summed E-state index contributed by atoms with van der Waals surface area (Å²) in [5.41, 5.74) is 1.42. The van der Waals surface area contributed by atoms with Crippen LogP contribution in [0.2, 0.25) is 0 Å². The molecule has 2 aromatic heterocycles. The number of aromatic nitrogens is 3. The fourth-order valence-corrected chi connectivity index (χ4v) is 4.17. The molecule has 1 unspecified atom stereocenters. The molecule has 1 saturated heterocycles. The number of amides is 1. The summed E-state index contributed by atoms with van der Waals surface area (Å²) in [6.07, 6.45) is 5.53. The van der Waals surface area contributed by atoms with Gasteiger partial charge in [-0.3, -0.25) is 19.8 Å². The maximum atomic E-state index is 12.2. The van der Waals surface area contributed by atoms with Crippen LogP contribution in [0.5, 0.6) is 11.5 Å². The highest BCUT2D eigenvalue weighted by Crippen LogP contribution is 2.38. The van der Waals surface area contributed by atoms with Gasteiger partial charge in [-0.15, -0.1) is 0 Å². The van der Waals surface area contributed by atoms with Gasteiger partial charge in [0.15, 0.2) is 11.5 Å². The number of H-pyrrole nitrogens is 1. The molecule has 1 atom stereocenters. The van der Waals surface area contributed by atoms with Gasteiger partial charge in [-0.1, -0.05) is 6.07 Å². The number of pyridine rings is 1. The van der Waals surface area contributed by atoms with Crippen molar-refractivity contribution in [3.63, 3.8) is 0 Å². The van der Waals surface area contributed by atoms with Crippen molar-refractivity contribution in [1.29, 1.82) is 0 Å². The number of rotatable bonds is 5. The van der Waals surface area contributed by atoms with E-state index in [9.17, 15) is 4.79 Å². The van der Waals surface area contributed by atoms with Crippen molar-refractivity contribution in [3.05, 3.63) is 48.4 Å². The fourth-order valence-electron chi connectivity index (χ4n) is 4.17. The number of nitrogens with one attached hydrogen (secondary N) is 2. The van der Waals surface area contributed by atoms with E-state index >= 15 is 0 Å². The minimum Gasteiger partial charge on any atom is -0.486 e. The second-order valence-corrected chi connectivity index (χ2v) is 7.94. The Hall–Kier alpha value is -3.13. The van der Waals surface area contributed by atoms with E-state index in [1.54, 1.807) is 18.5 Å². The lowest BCUT2D eigenvalue weighted by Crippen LogP contribution is -2.45. The van der Waals surface area contributed by atoms with E-state index in [0.29, 0.717) is 24.8 Å². The molecule has 5 rings (SSSR count). The first-order valence-electron chi connectivity index (χ1n) is 10.4. The average Bonchev–Trinajstić information content (AvgIpc) is 3.28. The number of carbonyl (C=O) groups is 1. The summed E-state index contributed by atoms with van der Waals surface area (Å²) in [6.45, 7) is 4.06. The number of ether oxygens (including phenoxy) is 2. The van der Waals surface area contributed by atoms with Crippen LogP contribution in [-0.2, 0) is 0 Å². The van der Waals surface area contributed by atoms with Crippen molar-refractivity contribution >= 4 is 16.8 Å². The number of benzene rings is 1. The van der Waals surface area contributed by atoms with Crippen LogP contribution in [0.3, 0.4) is 0 Å². The van der Waals surface area contributed by atoms with E-state index in [1.807, 2.05) is 24.3 Å². The number of hydrogen-bond acceptors (Lipinski definition) is 6. The molecule has 156 valence electrons. The highest BCUT2D eigenvalue weighted by Gasteiger charge is 2.27. The van der Waals surface area contributed by atoms with E-state index in [-0.39, 0.29) is 12.0 Å². The Morgan fingerprint density at radius 3 is 2.97 bits per heavy atom. The van der Waals surface area contributed by atoms with E-state index in [1.165, 1.54) is 0 Å². The van der Waals surface area contributed by atoms with Gasteiger partial charge in [-0.25, -0.2) is 0 Å².